The topological polar surface area (TPSA) is 17.0 Å². The predicted octanol–water partition coefficient (Wildman–Crippen LogP) is 4.27. The van der Waals surface area contributed by atoms with Crippen molar-refractivity contribution in [2.75, 3.05) is 6.54 Å². The number of nitrogens with zero attached hydrogens (tertiary/aromatic N) is 1. The highest BCUT2D eigenvalue weighted by atomic mass is 19.2. The standard InChI is InChI=1S/C17H22F2N2/c1-3-8-20-17(4-2)14-7-9-21(12-14)11-13-5-6-15(18)16(19)10-13/h5-7,9-10,12,17,20H,3-4,8,11H2,1-2H3. The van der Waals surface area contributed by atoms with Crippen molar-refractivity contribution in [2.24, 2.45) is 0 Å². The van der Waals surface area contributed by atoms with Gasteiger partial charge in [-0.15, -0.1) is 0 Å². The zero-order chi connectivity index (χ0) is 15.2. The quantitative estimate of drug-likeness (QED) is 0.806. The largest absolute Gasteiger partial charge is 0.350 e. The minimum Gasteiger partial charge on any atom is -0.350 e. The van der Waals surface area contributed by atoms with Crippen LogP contribution in [-0.4, -0.2) is 11.1 Å². The molecule has 0 saturated heterocycles. The SMILES string of the molecule is CCCNC(CC)c1ccn(Cc2ccc(F)c(F)c2)c1. The highest BCUT2D eigenvalue weighted by Gasteiger charge is 2.10. The average Bonchev–Trinajstić information content (AvgIpc) is 2.92. The Labute approximate surface area is 124 Å². The molecule has 0 spiro atoms. The van der Waals surface area contributed by atoms with E-state index < -0.39 is 11.6 Å². The normalized spacial score (nSPS) is 12.6. The van der Waals surface area contributed by atoms with Crippen LogP contribution >= 0.6 is 0 Å². The summed E-state index contributed by atoms with van der Waals surface area (Å²) in [6.07, 6.45) is 6.17. The molecule has 0 bridgehead atoms. The smallest absolute Gasteiger partial charge is 0.159 e. The third kappa shape index (κ3) is 4.14. The van der Waals surface area contributed by atoms with Crippen LogP contribution in [0.3, 0.4) is 0 Å². The van der Waals surface area contributed by atoms with E-state index in [0.29, 0.717) is 12.6 Å². The van der Waals surface area contributed by atoms with Gasteiger partial charge >= 0.3 is 0 Å². The first-order chi connectivity index (χ1) is 10.1. The molecule has 0 aliphatic heterocycles. The van der Waals surface area contributed by atoms with E-state index in [2.05, 4.69) is 31.4 Å². The maximum Gasteiger partial charge on any atom is 0.159 e. The summed E-state index contributed by atoms with van der Waals surface area (Å²) in [5.41, 5.74) is 1.99. The van der Waals surface area contributed by atoms with Gasteiger partial charge in [0, 0.05) is 25.0 Å². The number of aromatic nitrogens is 1. The maximum atomic E-state index is 13.2. The molecule has 2 rings (SSSR count). The number of halogens is 2. The van der Waals surface area contributed by atoms with E-state index >= 15 is 0 Å². The fourth-order valence-corrected chi connectivity index (χ4v) is 2.43. The van der Waals surface area contributed by atoms with Crippen LogP contribution in [0.1, 0.15) is 43.9 Å². The summed E-state index contributed by atoms with van der Waals surface area (Å²) in [5, 5.41) is 3.51. The number of nitrogens with one attached hydrogen (secondary N) is 1. The Hall–Kier alpha value is -1.68. The van der Waals surface area contributed by atoms with Gasteiger partial charge in [0.1, 0.15) is 0 Å². The second kappa shape index (κ2) is 7.36. The summed E-state index contributed by atoms with van der Waals surface area (Å²) in [6.45, 7) is 5.84. The van der Waals surface area contributed by atoms with E-state index in [1.165, 1.54) is 17.7 Å². The molecule has 1 heterocycles. The third-order valence-electron chi connectivity index (χ3n) is 3.57. The van der Waals surface area contributed by atoms with E-state index in [9.17, 15) is 8.78 Å². The Bertz CT molecular complexity index is 578. The second-order valence-corrected chi connectivity index (χ2v) is 5.28. The molecular weight excluding hydrogens is 270 g/mol. The van der Waals surface area contributed by atoms with Crippen LogP contribution < -0.4 is 5.32 Å². The van der Waals surface area contributed by atoms with Crippen molar-refractivity contribution in [2.45, 2.75) is 39.3 Å². The van der Waals surface area contributed by atoms with Crippen molar-refractivity contribution in [3.8, 4) is 0 Å². The molecule has 114 valence electrons. The van der Waals surface area contributed by atoms with Crippen LogP contribution in [0.15, 0.2) is 36.7 Å². The molecule has 2 aromatic rings. The summed E-state index contributed by atoms with van der Waals surface area (Å²) >= 11 is 0. The minimum absolute atomic E-state index is 0.344. The Kier molecular flexibility index (Phi) is 5.51. The van der Waals surface area contributed by atoms with Gasteiger partial charge in [-0.2, -0.15) is 0 Å². The van der Waals surface area contributed by atoms with E-state index in [-0.39, 0.29) is 0 Å². The lowest BCUT2D eigenvalue weighted by atomic mass is 10.1. The Morgan fingerprint density at radius 2 is 1.95 bits per heavy atom. The zero-order valence-corrected chi connectivity index (χ0v) is 12.6. The van der Waals surface area contributed by atoms with E-state index in [1.807, 2.05) is 10.8 Å². The summed E-state index contributed by atoms with van der Waals surface area (Å²) < 4.78 is 28.1. The summed E-state index contributed by atoms with van der Waals surface area (Å²) in [7, 11) is 0. The predicted molar refractivity (Wildman–Crippen MR) is 81.2 cm³/mol. The first-order valence-corrected chi connectivity index (χ1v) is 7.47. The van der Waals surface area contributed by atoms with Crippen LogP contribution in [0, 0.1) is 11.6 Å². The van der Waals surface area contributed by atoms with Crippen molar-refractivity contribution < 1.29 is 8.78 Å². The van der Waals surface area contributed by atoms with Gasteiger partial charge in [-0.05, 0) is 48.7 Å². The van der Waals surface area contributed by atoms with Crippen molar-refractivity contribution in [3.05, 3.63) is 59.4 Å². The lowest BCUT2D eigenvalue weighted by molar-refractivity contribution is 0.506. The lowest BCUT2D eigenvalue weighted by Crippen LogP contribution is -2.21. The Morgan fingerprint density at radius 1 is 1.14 bits per heavy atom. The molecule has 1 aromatic carbocycles. The molecule has 1 unspecified atom stereocenters. The molecule has 0 aliphatic rings. The highest BCUT2D eigenvalue weighted by molar-refractivity contribution is 5.21. The molecular formula is C17H22F2N2. The summed E-state index contributed by atoms with van der Waals surface area (Å²) in [5.74, 6) is -1.60. The Morgan fingerprint density at radius 3 is 2.62 bits per heavy atom. The van der Waals surface area contributed by atoms with Crippen molar-refractivity contribution in [3.63, 3.8) is 0 Å². The van der Waals surface area contributed by atoms with E-state index in [4.69, 9.17) is 0 Å². The molecule has 4 heteroatoms. The van der Waals surface area contributed by atoms with Crippen LogP contribution in [0.5, 0.6) is 0 Å². The molecule has 0 aliphatic carbocycles. The molecule has 0 radical (unpaired) electrons. The third-order valence-corrected chi connectivity index (χ3v) is 3.57. The molecule has 21 heavy (non-hydrogen) atoms. The number of hydrogen-bond acceptors (Lipinski definition) is 1. The fraction of sp³-hybridized carbons (Fsp3) is 0.412. The monoisotopic (exact) mass is 292 g/mol. The molecule has 2 nitrogen and oxygen atoms in total. The van der Waals surface area contributed by atoms with Crippen molar-refractivity contribution in [1.82, 2.24) is 9.88 Å². The molecule has 0 fully saturated rings. The van der Waals surface area contributed by atoms with Crippen LogP contribution in [0.25, 0.3) is 0 Å². The Balaban J connectivity index is 2.06. The van der Waals surface area contributed by atoms with Gasteiger partial charge in [-0.1, -0.05) is 19.9 Å². The van der Waals surface area contributed by atoms with E-state index in [1.54, 1.807) is 6.07 Å². The van der Waals surface area contributed by atoms with Gasteiger partial charge in [0.2, 0.25) is 0 Å². The summed E-state index contributed by atoms with van der Waals surface area (Å²) in [6, 6.07) is 6.46. The average molecular weight is 292 g/mol. The summed E-state index contributed by atoms with van der Waals surface area (Å²) in [4.78, 5) is 0. The highest BCUT2D eigenvalue weighted by Crippen LogP contribution is 2.18. The van der Waals surface area contributed by atoms with Gasteiger partial charge in [0.25, 0.3) is 0 Å². The number of benzene rings is 1. The van der Waals surface area contributed by atoms with Crippen molar-refractivity contribution in [1.29, 1.82) is 0 Å². The van der Waals surface area contributed by atoms with Gasteiger partial charge in [-0.3, -0.25) is 0 Å². The lowest BCUT2D eigenvalue weighted by Gasteiger charge is -2.15. The molecule has 1 atom stereocenters. The number of rotatable bonds is 7. The maximum absolute atomic E-state index is 13.2. The van der Waals surface area contributed by atoms with Crippen molar-refractivity contribution >= 4 is 0 Å². The zero-order valence-electron chi connectivity index (χ0n) is 12.6. The second-order valence-electron chi connectivity index (χ2n) is 5.28. The van der Waals surface area contributed by atoms with Gasteiger partial charge in [-0.25, -0.2) is 8.78 Å². The molecule has 0 amide bonds. The minimum atomic E-state index is -0.804. The molecule has 0 saturated carbocycles. The molecule has 1 aromatic heterocycles. The van der Waals surface area contributed by atoms with Crippen LogP contribution in [0.4, 0.5) is 8.78 Å². The van der Waals surface area contributed by atoms with E-state index in [0.717, 1.165) is 24.9 Å². The van der Waals surface area contributed by atoms with Gasteiger partial charge < -0.3 is 9.88 Å². The van der Waals surface area contributed by atoms with Crippen LogP contribution in [0.2, 0.25) is 0 Å². The number of hydrogen-bond donors (Lipinski definition) is 1. The first-order valence-electron chi connectivity index (χ1n) is 7.47. The first kappa shape index (κ1) is 15.7. The van der Waals surface area contributed by atoms with Crippen LogP contribution in [-0.2, 0) is 6.54 Å². The van der Waals surface area contributed by atoms with Gasteiger partial charge in [0.15, 0.2) is 11.6 Å². The molecule has 1 N–H and O–H groups in total. The van der Waals surface area contributed by atoms with Gasteiger partial charge in [0.05, 0.1) is 0 Å². The fourth-order valence-electron chi connectivity index (χ4n) is 2.43.